The summed E-state index contributed by atoms with van der Waals surface area (Å²) in [6.07, 6.45) is 0.863. The molecule has 0 bridgehead atoms. The van der Waals surface area contributed by atoms with Crippen molar-refractivity contribution in [1.82, 2.24) is 0 Å². The molecule has 0 saturated heterocycles. The monoisotopic (exact) mass is 221 g/mol. The number of hydrogen-bond acceptors (Lipinski definition) is 1. The van der Waals surface area contributed by atoms with Gasteiger partial charge in [0.25, 0.3) is 0 Å². The van der Waals surface area contributed by atoms with Gasteiger partial charge in [-0.3, -0.25) is 4.21 Å². The molecule has 0 amide bonds. The van der Waals surface area contributed by atoms with Crippen LogP contribution in [0.3, 0.4) is 0 Å². The van der Waals surface area contributed by atoms with E-state index in [1.807, 2.05) is 32.0 Å². The number of para-hydroxylation sites is 1. The molecule has 2 rings (SSSR count). The Bertz CT molecular complexity index is 382. The van der Waals surface area contributed by atoms with Crippen molar-refractivity contribution in [1.29, 1.82) is 0 Å². The van der Waals surface area contributed by atoms with Crippen LogP contribution in [0.25, 0.3) is 5.32 Å². The molecule has 0 fully saturated rings. The Labute approximate surface area is 124 Å². The topological polar surface area (TPSA) is 31.2 Å². The Kier molecular flexibility index (Phi) is 6.48. The summed E-state index contributed by atoms with van der Waals surface area (Å²) >= 11 is 0. The summed E-state index contributed by atoms with van der Waals surface area (Å²) in [6, 6.07) is 8.61. The molecule has 0 saturated carbocycles. The van der Waals surface area contributed by atoms with Gasteiger partial charge >= 0.3 is 37.7 Å². The van der Waals surface area contributed by atoms with Gasteiger partial charge in [0, 0.05) is 15.5 Å². The summed E-state index contributed by atoms with van der Waals surface area (Å²) in [5, 5.41) is 4.38. The number of hydrogen-bond donors (Lipinski definition) is 0. The van der Waals surface area contributed by atoms with Crippen LogP contribution in [-0.4, -0.2) is 15.5 Å². The SMILES string of the molecule is CC1(C)CC[N-]c2[c-]cccc2[S@@]1=O.[Li+].[Li+]. The van der Waals surface area contributed by atoms with E-state index in [0.717, 1.165) is 23.5 Å². The second-order valence-electron chi connectivity index (χ2n) is 4.04. The summed E-state index contributed by atoms with van der Waals surface area (Å²) in [7, 11) is -0.968. The second-order valence-corrected chi connectivity index (χ2v) is 6.13. The van der Waals surface area contributed by atoms with Crippen molar-refractivity contribution in [3.8, 4) is 0 Å². The van der Waals surface area contributed by atoms with Gasteiger partial charge in [-0.15, -0.1) is 6.54 Å². The van der Waals surface area contributed by atoms with Crippen molar-refractivity contribution in [3.05, 3.63) is 29.6 Å². The van der Waals surface area contributed by atoms with Crippen LogP contribution >= 0.6 is 0 Å². The summed E-state index contributed by atoms with van der Waals surface area (Å²) in [6.45, 7) is 4.80. The minimum Gasteiger partial charge on any atom is -0.705 e. The van der Waals surface area contributed by atoms with Crippen LogP contribution in [0, 0.1) is 6.07 Å². The predicted octanol–water partition coefficient (Wildman–Crippen LogP) is -3.21. The van der Waals surface area contributed by atoms with Crippen LogP contribution in [-0.2, 0) is 10.8 Å². The van der Waals surface area contributed by atoms with Gasteiger partial charge in [-0.2, -0.15) is 24.3 Å². The van der Waals surface area contributed by atoms with Crippen molar-refractivity contribution < 1.29 is 41.9 Å². The van der Waals surface area contributed by atoms with Gasteiger partial charge in [0.05, 0.1) is 0 Å². The molecular weight excluding hydrogens is 208 g/mol. The molecular formula is C11H13Li2NOS. The summed E-state index contributed by atoms with van der Waals surface area (Å²) in [5.74, 6) is 0. The smallest absolute Gasteiger partial charge is 0.705 e. The van der Waals surface area contributed by atoms with Crippen molar-refractivity contribution in [2.24, 2.45) is 0 Å². The minimum atomic E-state index is -0.968. The van der Waals surface area contributed by atoms with Crippen LogP contribution in [0.5, 0.6) is 0 Å². The van der Waals surface area contributed by atoms with Gasteiger partial charge < -0.3 is 5.32 Å². The Hall–Kier alpha value is 0.365. The molecule has 0 aromatic heterocycles. The van der Waals surface area contributed by atoms with Crippen LogP contribution in [0.15, 0.2) is 23.1 Å². The molecule has 0 unspecified atom stereocenters. The second kappa shape index (κ2) is 6.34. The zero-order chi connectivity index (χ0) is 10.2. The number of benzene rings is 1. The van der Waals surface area contributed by atoms with E-state index in [-0.39, 0.29) is 42.5 Å². The van der Waals surface area contributed by atoms with Crippen molar-refractivity contribution in [3.63, 3.8) is 0 Å². The zero-order valence-corrected chi connectivity index (χ0v) is 11.2. The fourth-order valence-electron chi connectivity index (χ4n) is 1.51. The molecule has 0 aliphatic carbocycles. The maximum Gasteiger partial charge on any atom is 1.00 e. The predicted molar refractivity (Wildman–Crippen MR) is 58.3 cm³/mol. The maximum absolute atomic E-state index is 12.2. The van der Waals surface area contributed by atoms with E-state index in [2.05, 4.69) is 11.4 Å². The average Bonchev–Trinajstić information content (AvgIpc) is 2.27. The molecule has 0 N–H and O–H groups in total. The molecule has 1 aliphatic heterocycles. The fraction of sp³-hybridized carbons (Fsp3) is 0.455. The normalized spacial score (nSPS) is 21.5. The summed E-state index contributed by atoms with van der Waals surface area (Å²) in [5.41, 5.74) is 0.774. The Morgan fingerprint density at radius 2 is 2.12 bits per heavy atom. The molecule has 5 heteroatoms. The molecule has 1 aliphatic rings. The largest absolute Gasteiger partial charge is 1.00 e. The van der Waals surface area contributed by atoms with Crippen molar-refractivity contribution >= 4 is 16.5 Å². The summed E-state index contributed by atoms with van der Waals surface area (Å²) < 4.78 is 12.0. The maximum atomic E-state index is 12.2. The van der Waals surface area contributed by atoms with Gasteiger partial charge in [0.2, 0.25) is 0 Å². The van der Waals surface area contributed by atoms with Gasteiger partial charge in [0.15, 0.2) is 0 Å². The van der Waals surface area contributed by atoms with Gasteiger partial charge in [-0.05, 0) is 13.8 Å². The molecule has 76 valence electrons. The number of rotatable bonds is 0. The third kappa shape index (κ3) is 3.19. The van der Waals surface area contributed by atoms with E-state index in [0.29, 0.717) is 0 Å². The average molecular weight is 221 g/mol. The Morgan fingerprint density at radius 3 is 2.81 bits per heavy atom. The molecule has 1 aromatic rings. The third-order valence-corrected chi connectivity index (χ3v) is 4.42. The van der Waals surface area contributed by atoms with Crippen molar-refractivity contribution in [2.75, 3.05) is 6.54 Å². The first kappa shape index (κ1) is 16.4. The molecule has 1 heterocycles. The Morgan fingerprint density at radius 1 is 1.44 bits per heavy atom. The quantitative estimate of drug-likeness (QED) is 0.335. The molecule has 0 radical (unpaired) electrons. The molecule has 2 nitrogen and oxygen atoms in total. The number of fused-ring (bicyclic) bond motifs is 1. The molecule has 0 spiro atoms. The van der Waals surface area contributed by atoms with Crippen LogP contribution in [0.4, 0.5) is 5.69 Å². The van der Waals surface area contributed by atoms with E-state index in [1.54, 1.807) is 0 Å². The third-order valence-electron chi connectivity index (χ3n) is 2.48. The molecule has 1 atom stereocenters. The molecule has 1 aromatic carbocycles. The fourth-order valence-corrected chi connectivity index (χ4v) is 2.89. The van der Waals surface area contributed by atoms with Gasteiger partial charge in [-0.25, -0.2) is 5.69 Å². The van der Waals surface area contributed by atoms with Crippen LogP contribution in [0.2, 0.25) is 0 Å². The van der Waals surface area contributed by atoms with Crippen LogP contribution in [0.1, 0.15) is 20.3 Å². The van der Waals surface area contributed by atoms with E-state index in [1.165, 1.54) is 0 Å². The Balaban J connectivity index is 0.00000112. The van der Waals surface area contributed by atoms with Gasteiger partial charge in [0.1, 0.15) is 0 Å². The zero-order valence-electron chi connectivity index (χ0n) is 10.4. The van der Waals surface area contributed by atoms with Crippen LogP contribution < -0.4 is 37.7 Å². The first-order valence-corrected chi connectivity index (χ1v) is 5.86. The first-order chi connectivity index (χ1) is 6.61. The minimum absolute atomic E-state index is 0. The van der Waals surface area contributed by atoms with E-state index in [4.69, 9.17) is 0 Å². The first-order valence-electron chi connectivity index (χ1n) is 4.71. The van der Waals surface area contributed by atoms with Gasteiger partial charge in [-0.1, -0.05) is 11.3 Å². The van der Waals surface area contributed by atoms with E-state index in [9.17, 15) is 4.21 Å². The standard InChI is InChI=1S/C11H13NOS.2Li/c1-11(2)7-8-12-9-5-3-4-6-10(9)14(11)13;;/h3-4,6H,7-8H2,1-2H3;;/q-2;2*+1/t14-;;/m0../s1. The van der Waals surface area contributed by atoms with Crippen molar-refractivity contribution in [2.45, 2.75) is 29.9 Å². The molecule has 16 heavy (non-hydrogen) atoms. The summed E-state index contributed by atoms with van der Waals surface area (Å²) in [4.78, 5) is 0.829. The number of nitrogens with zero attached hydrogens (tertiary/aromatic N) is 1. The van der Waals surface area contributed by atoms with E-state index < -0.39 is 10.8 Å². The van der Waals surface area contributed by atoms with E-state index >= 15 is 0 Å².